The zero-order valence-corrected chi connectivity index (χ0v) is 10.3. The van der Waals surface area contributed by atoms with E-state index in [1.807, 2.05) is 0 Å². The standard InChI is InChI=1S/C11H14ClFN2O3/c12-8-2-1-3-9(10(8)13)14-11(18)15(4-6-16)5-7-17/h1-3,16-17H,4-7H2,(H,14,18). The molecule has 1 aromatic carbocycles. The van der Waals surface area contributed by atoms with Crippen molar-refractivity contribution >= 4 is 23.3 Å². The molecule has 100 valence electrons. The van der Waals surface area contributed by atoms with E-state index in [1.165, 1.54) is 23.1 Å². The van der Waals surface area contributed by atoms with Crippen LogP contribution in [0, 0.1) is 5.82 Å². The van der Waals surface area contributed by atoms with Crippen LogP contribution < -0.4 is 5.32 Å². The van der Waals surface area contributed by atoms with E-state index in [0.29, 0.717) is 0 Å². The van der Waals surface area contributed by atoms with E-state index < -0.39 is 11.8 Å². The Morgan fingerprint density at radius 1 is 1.33 bits per heavy atom. The highest BCUT2D eigenvalue weighted by atomic mass is 35.5. The van der Waals surface area contributed by atoms with Crippen LogP contribution in [0.1, 0.15) is 0 Å². The second-order valence-corrected chi connectivity index (χ2v) is 3.87. The second-order valence-electron chi connectivity index (χ2n) is 3.47. The highest BCUT2D eigenvalue weighted by Gasteiger charge is 2.15. The Labute approximate surface area is 109 Å². The van der Waals surface area contributed by atoms with Crippen LogP contribution in [0.5, 0.6) is 0 Å². The Kier molecular flexibility index (Phi) is 5.84. The van der Waals surface area contributed by atoms with E-state index in [9.17, 15) is 9.18 Å². The summed E-state index contributed by atoms with van der Waals surface area (Å²) in [6.45, 7) is -0.389. The minimum absolute atomic E-state index is 0.0478. The molecule has 1 rings (SSSR count). The summed E-state index contributed by atoms with van der Waals surface area (Å²) >= 11 is 5.58. The quantitative estimate of drug-likeness (QED) is 0.759. The van der Waals surface area contributed by atoms with Gasteiger partial charge in [0.1, 0.15) is 0 Å². The molecule has 0 fully saturated rings. The molecule has 0 radical (unpaired) electrons. The molecule has 0 aliphatic carbocycles. The third-order valence-corrected chi connectivity index (χ3v) is 2.51. The van der Waals surface area contributed by atoms with E-state index in [1.54, 1.807) is 0 Å². The van der Waals surface area contributed by atoms with Gasteiger partial charge in [0.15, 0.2) is 5.82 Å². The van der Waals surface area contributed by atoms with Gasteiger partial charge in [0, 0.05) is 13.1 Å². The van der Waals surface area contributed by atoms with Crippen LogP contribution in [0.15, 0.2) is 18.2 Å². The molecule has 0 aliphatic heterocycles. The number of anilines is 1. The summed E-state index contributed by atoms with van der Waals surface area (Å²) in [6, 6.07) is 3.63. The summed E-state index contributed by atoms with van der Waals surface area (Å²) in [5, 5.41) is 19.8. The Hall–Kier alpha value is -1.37. The molecule has 1 aromatic rings. The predicted molar refractivity (Wildman–Crippen MR) is 66.2 cm³/mol. The Bertz CT molecular complexity index is 411. The molecule has 0 aromatic heterocycles. The monoisotopic (exact) mass is 276 g/mol. The fourth-order valence-electron chi connectivity index (χ4n) is 1.35. The van der Waals surface area contributed by atoms with Crippen molar-refractivity contribution in [1.82, 2.24) is 4.90 Å². The third kappa shape index (κ3) is 3.83. The van der Waals surface area contributed by atoms with Gasteiger partial charge in [-0.15, -0.1) is 0 Å². The lowest BCUT2D eigenvalue weighted by molar-refractivity contribution is 0.167. The van der Waals surface area contributed by atoms with Crippen LogP contribution >= 0.6 is 11.6 Å². The van der Waals surface area contributed by atoms with Crippen molar-refractivity contribution in [2.24, 2.45) is 0 Å². The molecule has 3 N–H and O–H groups in total. The van der Waals surface area contributed by atoms with Crippen LogP contribution in [-0.4, -0.2) is 47.4 Å². The summed E-state index contributed by atoms with van der Waals surface area (Å²) in [5.41, 5.74) is -0.0478. The minimum atomic E-state index is -0.722. The van der Waals surface area contributed by atoms with Gasteiger partial charge in [0.05, 0.1) is 23.9 Å². The number of halogens is 2. The molecule has 7 heteroatoms. The molecular weight excluding hydrogens is 263 g/mol. The zero-order valence-electron chi connectivity index (χ0n) is 9.57. The maximum absolute atomic E-state index is 13.5. The first-order chi connectivity index (χ1) is 8.60. The SMILES string of the molecule is O=C(Nc1cccc(Cl)c1F)N(CCO)CCO. The van der Waals surface area contributed by atoms with Crippen LogP contribution in [0.4, 0.5) is 14.9 Å². The molecule has 0 bridgehead atoms. The summed E-state index contributed by atoms with van der Waals surface area (Å²) < 4.78 is 13.5. The number of hydrogen-bond donors (Lipinski definition) is 3. The lowest BCUT2D eigenvalue weighted by Crippen LogP contribution is -2.39. The van der Waals surface area contributed by atoms with Gasteiger partial charge in [0.25, 0.3) is 0 Å². The number of urea groups is 1. The first-order valence-corrected chi connectivity index (χ1v) is 5.69. The van der Waals surface area contributed by atoms with E-state index >= 15 is 0 Å². The van der Waals surface area contributed by atoms with Crippen molar-refractivity contribution in [2.45, 2.75) is 0 Å². The molecular formula is C11H14ClFN2O3. The average Bonchev–Trinajstić information content (AvgIpc) is 2.34. The largest absolute Gasteiger partial charge is 0.395 e. The summed E-state index contributed by atoms with van der Waals surface area (Å²) in [7, 11) is 0. The van der Waals surface area contributed by atoms with Gasteiger partial charge in [0.2, 0.25) is 0 Å². The number of nitrogens with one attached hydrogen (secondary N) is 1. The highest BCUT2D eigenvalue weighted by Crippen LogP contribution is 2.22. The molecule has 0 unspecified atom stereocenters. The molecule has 0 saturated carbocycles. The van der Waals surface area contributed by atoms with Gasteiger partial charge < -0.3 is 20.4 Å². The molecule has 0 heterocycles. The van der Waals surface area contributed by atoms with E-state index in [4.69, 9.17) is 21.8 Å². The number of carbonyl (C=O) groups is 1. The molecule has 0 atom stereocenters. The maximum atomic E-state index is 13.5. The van der Waals surface area contributed by atoms with Crippen molar-refractivity contribution in [3.05, 3.63) is 29.0 Å². The van der Waals surface area contributed by atoms with Gasteiger partial charge in [-0.05, 0) is 12.1 Å². The summed E-state index contributed by atoms with van der Waals surface area (Å²) in [5.74, 6) is -0.722. The van der Waals surface area contributed by atoms with Crippen LogP contribution in [0.2, 0.25) is 5.02 Å². The number of aliphatic hydroxyl groups is 2. The number of amides is 2. The Balaban J connectivity index is 2.75. The van der Waals surface area contributed by atoms with Crippen molar-refractivity contribution in [3.8, 4) is 0 Å². The van der Waals surface area contributed by atoms with E-state index in [0.717, 1.165) is 0 Å². The molecule has 2 amide bonds. The predicted octanol–water partition coefficient (Wildman–Crippen LogP) is 1.30. The summed E-state index contributed by atoms with van der Waals surface area (Å²) in [4.78, 5) is 12.9. The maximum Gasteiger partial charge on any atom is 0.322 e. The lowest BCUT2D eigenvalue weighted by Gasteiger charge is -2.21. The molecule has 0 saturated heterocycles. The van der Waals surface area contributed by atoms with Crippen molar-refractivity contribution in [2.75, 3.05) is 31.6 Å². The Morgan fingerprint density at radius 2 is 1.94 bits per heavy atom. The van der Waals surface area contributed by atoms with Crippen LogP contribution in [0.3, 0.4) is 0 Å². The number of hydrogen-bond acceptors (Lipinski definition) is 3. The fourth-order valence-corrected chi connectivity index (χ4v) is 1.53. The minimum Gasteiger partial charge on any atom is -0.395 e. The van der Waals surface area contributed by atoms with Gasteiger partial charge in [-0.2, -0.15) is 0 Å². The van der Waals surface area contributed by atoms with E-state index in [2.05, 4.69) is 5.32 Å². The van der Waals surface area contributed by atoms with Gasteiger partial charge in [-0.1, -0.05) is 17.7 Å². The fraction of sp³-hybridized carbons (Fsp3) is 0.364. The lowest BCUT2D eigenvalue weighted by atomic mass is 10.3. The first-order valence-electron chi connectivity index (χ1n) is 5.31. The van der Waals surface area contributed by atoms with Crippen LogP contribution in [0.25, 0.3) is 0 Å². The molecule has 0 aliphatic rings. The molecule has 0 spiro atoms. The van der Waals surface area contributed by atoms with Crippen molar-refractivity contribution < 1.29 is 19.4 Å². The van der Waals surface area contributed by atoms with Crippen LogP contribution in [-0.2, 0) is 0 Å². The number of aliphatic hydroxyl groups excluding tert-OH is 2. The van der Waals surface area contributed by atoms with Gasteiger partial charge in [-0.3, -0.25) is 0 Å². The van der Waals surface area contributed by atoms with Gasteiger partial charge >= 0.3 is 6.03 Å². The number of nitrogens with zero attached hydrogens (tertiary/aromatic N) is 1. The number of rotatable bonds is 5. The number of benzene rings is 1. The smallest absolute Gasteiger partial charge is 0.322 e. The zero-order chi connectivity index (χ0) is 13.5. The van der Waals surface area contributed by atoms with Crippen molar-refractivity contribution in [3.63, 3.8) is 0 Å². The van der Waals surface area contributed by atoms with E-state index in [-0.39, 0.29) is 37.0 Å². The Morgan fingerprint density at radius 3 is 2.50 bits per heavy atom. The normalized spacial score (nSPS) is 10.2. The average molecular weight is 277 g/mol. The topological polar surface area (TPSA) is 72.8 Å². The molecule has 18 heavy (non-hydrogen) atoms. The van der Waals surface area contributed by atoms with Crippen molar-refractivity contribution in [1.29, 1.82) is 0 Å². The summed E-state index contributed by atoms with van der Waals surface area (Å²) in [6.07, 6.45) is 0. The third-order valence-electron chi connectivity index (χ3n) is 2.22. The number of carbonyl (C=O) groups excluding carboxylic acids is 1. The van der Waals surface area contributed by atoms with Gasteiger partial charge in [-0.25, -0.2) is 9.18 Å². The first kappa shape index (κ1) is 14.7. The molecule has 5 nitrogen and oxygen atoms in total. The highest BCUT2D eigenvalue weighted by molar-refractivity contribution is 6.31. The second kappa shape index (κ2) is 7.15.